The van der Waals surface area contributed by atoms with Gasteiger partial charge in [-0.2, -0.15) is 0 Å². The number of carbonyl (C=O) groups excluding carboxylic acids is 1. The summed E-state index contributed by atoms with van der Waals surface area (Å²) < 4.78 is 0. The Hall–Kier alpha value is -1.30. The smallest absolute Gasteiger partial charge is 0.244 e. The molecule has 18 heavy (non-hydrogen) atoms. The zero-order valence-electron chi connectivity index (χ0n) is 11.3. The van der Waals surface area contributed by atoms with E-state index in [-0.39, 0.29) is 11.9 Å². The second-order valence-electron chi connectivity index (χ2n) is 3.82. The Bertz CT molecular complexity index is 395. The summed E-state index contributed by atoms with van der Waals surface area (Å²) in [6.45, 7) is 7.25. The van der Waals surface area contributed by atoms with E-state index in [2.05, 4.69) is 15.3 Å². The van der Waals surface area contributed by atoms with Crippen LogP contribution in [0.4, 0.5) is 5.82 Å². The average Bonchev–Trinajstić information content (AvgIpc) is 2.40. The van der Waals surface area contributed by atoms with Gasteiger partial charge in [0.25, 0.3) is 0 Å². The standard InChI is InChI=1S/C12H20N4OS/c1-5-16(6-2)12(17)9(3)15-10-7-11(18-4)14-8-13-10/h7-9H,5-6H2,1-4H3,(H,13,14,15). The van der Waals surface area contributed by atoms with Gasteiger partial charge in [0.05, 0.1) is 0 Å². The molecule has 0 bridgehead atoms. The maximum absolute atomic E-state index is 12.1. The van der Waals surface area contributed by atoms with E-state index in [1.54, 1.807) is 16.7 Å². The lowest BCUT2D eigenvalue weighted by Crippen LogP contribution is -2.41. The number of hydrogen-bond acceptors (Lipinski definition) is 5. The molecular formula is C12H20N4OS. The van der Waals surface area contributed by atoms with E-state index in [0.29, 0.717) is 5.82 Å². The highest BCUT2D eigenvalue weighted by atomic mass is 32.2. The number of nitrogens with one attached hydrogen (secondary N) is 1. The molecule has 1 aromatic rings. The fourth-order valence-electron chi connectivity index (χ4n) is 1.62. The molecule has 1 aromatic heterocycles. The second-order valence-corrected chi connectivity index (χ2v) is 4.65. The Morgan fingerprint density at radius 2 is 2.11 bits per heavy atom. The average molecular weight is 268 g/mol. The van der Waals surface area contributed by atoms with Crippen molar-refractivity contribution in [1.29, 1.82) is 0 Å². The number of thioether (sulfide) groups is 1. The lowest BCUT2D eigenvalue weighted by Gasteiger charge is -2.23. The lowest BCUT2D eigenvalue weighted by molar-refractivity contribution is -0.131. The molecule has 1 rings (SSSR count). The van der Waals surface area contributed by atoms with Gasteiger partial charge < -0.3 is 10.2 Å². The van der Waals surface area contributed by atoms with Crippen molar-refractivity contribution in [2.24, 2.45) is 0 Å². The van der Waals surface area contributed by atoms with Gasteiger partial charge in [0, 0.05) is 19.2 Å². The Balaban J connectivity index is 2.68. The first kappa shape index (κ1) is 14.8. The normalized spacial score (nSPS) is 12.0. The van der Waals surface area contributed by atoms with E-state index in [0.717, 1.165) is 18.1 Å². The van der Waals surface area contributed by atoms with Crippen molar-refractivity contribution in [1.82, 2.24) is 14.9 Å². The molecule has 0 aliphatic carbocycles. The molecule has 1 atom stereocenters. The Labute approximate surface area is 112 Å². The van der Waals surface area contributed by atoms with Gasteiger partial charge in [0.15, 0.2) is 0 Å². The number of hydrogen-bond donors (Lipinski definition) is 1. The van der Waals surface area contributed by atoms with Crippen molar-refractivity contribution < 1.29 is 4.79 Å². The van der Waals surface area contributed by atoms with Gasteiger partial charge in [0.1, 0.15) is 23.2 Å². The molecular weight excluding hydrogens is 248 g/mol. The van der Waals surface area contributed by atoms with Gasteiger partial charge in [-0.3, -0.25) is 4.79 Å². The van der Waals surface area contributed by atoms with Crippen LogP contribution in [0.3, 0.4) is 0 Å². The van der Waals surface area contributed by atoms with Crippen LogP contribution in [0.1, 0.15) is 20.8 Å². The lowest BCUT2D eigenvalue weighted by atomic mass is 10.3. The van der Waals surface area contributed by atoms with Gasteiger partial charge in [0.2, 0.25) is 5.91 Å². The van der Waals surface area contributed by atoms with Gasteiger partial charge in [-0.15, -0.1) is 11.8 Å². The van der Waals surface area contributed by atoms with E-state index in [1.807, 2.05) is 33.1 Å². The largest absolute Gasteiger partial charge is 0.358 e. The maximum Gasteiger partial charge on any atom is 0.244 e. The predicted octanol–water partition coefficient (Wildman–Crippen LogP) is 1.87. The fourth-order valence-corrected chi connectivity index (χ4v) is 2.00. The molecule has 0 saturated carbocycles. The van der Waals surface area contributed by atoms with Crippen LogP contribution in [-0.4, -0.2) is 46.2 Å². The number of aromatic nitrogens is 2. The molecule has 0 aromatic carbocycles. The van der Waals surface area contributed by atoms with E-state index >= 15 is 0 Å². The number of nitrogens with zero attached hydrogens (tertiary/aromatic N) is 3. The third-order valence-electron chi connectivity index (χ3n) is 2.66. The summed E-state index contributed by atoms with van der Waals surface area (Å²) in [6, 6.07) is 1.56. The Morgan fingerprint density at radius 1 is 1.44 bits per heavy atom. The summed E-state index contributed by atoms with van der Waals surface area (Å²) >= 11 is 1.55. The van der Waals surface area contributed by atoms with Crippen molar-refractivity contribution in [3.05, 3.63) is 12.4 Å². The molecule has 0 spiro atoms. The van der Waals surface area contributed by atoms with Crippen LogP contribution in [0, 0.1) is 0 Å². The first-order chi connectivity index (χ1) is 8.62. The molecule has 1 N–H and O–H groups in total. The van der Waals surface area contributed by atoms with Crippen LogP contribution in [0.2, 0.25) is 0 Å². The first-order valence-corrected chi connectivity index (χ1v) is 7.26. The van der Waals surface area contributed by atoms with E-state index in [1.165, 1.54) is 6.33 Å². The highest BCUT2D eigenvalue weighted by molar-refractivity contribution is 7.98. The van der Waals surface area contributed by atoms with Gasteiger partial charge in [-0.25, -0.2) is 9.97 Å². The van der Waals surface area contributed by atoms with Gasteiger partial charge in [-0.05, 0) is 27.0 Å². The zero-order valence-corrected chi connectivity index (χ0v) is 12.1. The fraction of sp³-hybridized carbons (Fsp3) is 0.583. The summed E-state index contributed by atoms with van der Waals surface area (Å²) in [5, 5.41) is 3.99. The van der Waals surface area contributed by atoms with E-state index in [4.69, 9.17) is 0 Å². The number of rotatable bonds is 6. The molecule has 0 fully saturated rings. The van der Waals surface area contributed by atoms with Crippen molar-refractivity contribution in [2.45, 2.75) is 31.8 Å². The van der Waals surface area contributed by atoms with Crippen molar-refractivity contribution in [2.75, 3.05) is 24.7 Å². The molecule has 5 nitrogen and oxygen atoms in total. The minimum absolute atomic E-state index is 0.0873. The van der Waals surface area contributed by atoms with Crippen LogP contribution in [0.25, 0.3) is 0 Å². The molecule has 6 heteroatoms. The topological polar surface area (TPSA) is 58.1 Å². The van der Waals surface area contributed by atoms with Gasteiger partial charge in [-0.1, -0.05) is 0 Å². The second kappa shape index (κ2) is 7.20. The minimum Gasteiger partial charge on any atom is -0.358 e. The maximum atomic E-state index is 12.1. The molecule has 0 aliphatic rings. The van der Waals surface area contributed by atoms with Crippen molar-refractivity contribution in [3.63, 3.8) is 0 Å². The Morgan fingerprint density at radius 3 is 2.67 bits per heavy atom. The highest BCUT2D eigenvalue weighted by Gasteiger charge is 2.18. The minimum atomic E-state index is -0.283. The number of carbonyl (C=O) groups is 1. The number of amides is 1. The monoisotopic (exact) mass is 268 g/mol. The molecule has 1 heterocycles. The summed E-state index contributed by atoms with van der Waals surface area (Å²) in [5.41, 5.74) is 0. The number of likely N-dealkylation sites (N-methyl/N-ethyl adjacent to an activating group) is 1. The molecule has 0 saturated heterocycles. The molecule has 0 aliphatic heterocycles. The highest BCUT2D eigenvalue weighted by Crippen LogP contribution is 2.14. The number of anilines is 1. The summed E-state index contributed by atoms with van der Waals surface area (Å²) in [6.07, 6.45) is 3.46. The molecule has 100 valence electrons. The quantitative estimate of drug-likeness (QED) is 0.630. The third-order valence-corrected chi connectivity index (χ3v) is 3.30. The zero-order chi connectivity index (χ0) is 13.5. The van der Waals surface area contributed by atoms with Crippen molar-refractivity contribution >= 4 is 23.5 Å². The van der Waals surface area contributed by atoms with Crippen molar-refractivity contribution in [3.8, 4) is 0 Å². The van der Waals surface area contributed by atoms with E-state index < -0.39 is 0 Å². The van der Waals surface area contributed by atoms with Gasteiger partial charge >= 0.3 is 0 Å². The van der Waals surface area contributed by atoms with Crippen LogP contribution in [0.15, 0.2) is 17.4 Å². The van der Waals surface area contributed by atoms with Crippen LogP contribution < -0.4 is 5.32 Å². The van der Waals surface area contributed by atoms with Crippen LogP contribution >= 0.6 is 11.8 Å². The summed E-state index contributed by atoms with van der Waals surface area (Å²) in [4.78, 5) is 22.1. The van der Waals surface area contributed by atoms with Crippen LogP contribution in [0.5, 0.6) is 0 Å². The SMILES string of the molecule is CCN(CC)C(=O)C(C)Nc1cc(SC)ncn1. The van der Waals surface area contributed by atoms with E-state index in [9.17, 15) is 4.79 Å². The molecule has 1 amide bonds. The Kier molecular flexibility index (Phi) is 5.91. The third kappa shape index (κ3) is 3.87. The predicted molar refractivity (Wildman–Crippen MR) is 74.8 cm³/mol. The summed E-state index contributed by atoms with van der Waals surface area (Å²) in [7, 11) is 0. The summed E-state index contributed by atoms with van der Waals surface area (Å²) in [5.74, 6) is 0.770. The van der Waals surface area contributed by atoms with Crippen LogP contribution in [-0.2, 0) is 4.79 Å². The molecule has 0 radical (unpaired) electrons. The molecule has 1 unspecified atom stereocenters. The first-order valence-electron chi connectivity index (χ1n) is 6.03.